The number of rotatable bonds is 1. The summed E-state index contributed by atoms with van der Waals surface area (Å²) < 4.78 is 2.13. The molecule has 0 bridgehead atoms. The van der Waals surface area contributed by atoms with Crippen molar-refractivity contribution >= 4 is 33.4 Å². The second-order valence-corrected chi connectivity index (χ2v) is 11.8. The minimum Gasteiger partial charge on any atom is -0.512 e. The summed E-state index contributed by atoms with van der Waals surface area (Å²) in [5.74, 6) is 0.104. The number of aliphatic hydroxyl groups is 1. The van der Waals surface area contributed by atoms with E-state index >= 15 is 0 Å². The summed E-state index contributed by atoms with van der Waals surface area (Å²) in [7, 11) is 0. The Balaban J connectivity index is 0.000000271. The number of carbonyl (C=O) groups excluding carboxylic acids is 1. The molecule has 1 N–H and O–H groups in total. The number of imidazole rings is 1. The van der Waals surface area contributed by atoms with Gasteiger partial charge in [-0.05, 0) is 17.6 Å². The monoisotopic (exact) mass is 653 g/mol. The number of allylic oxidation sites excluding steroid dienone is 2. The number of hydrogen-bond donors (Lipinski definition) is 1. The van der Waals surface area contributed by atoms with Crippen LogP contribution in [0.2, 0.25) is 0 Å². The number of nitrogens with zero attached hydrogens (tertiary/aromatic N) is 3. The Morgan fingerprint density at radius 3 is 2.17 bits per heavy atom. The number of benzene rings is 1. The van der Waals surface area contributed by atoms with Crippen molar-refractivity contribution in [3.63, 3.8) is 0 Å². The zero-order valence-corrected chi connectivity index (χ0v) is 24.4. The fourth-order valence-corrected chi connectivity index (χ4v) is 3.36. The molecule has 6 heteroatoms. The van der Waals surface area contributed by atoms with Gasteiger partial charge in [-0.2, -0.15) is 0 Å². The predicted molar refractivity (Wildman–Crippen MR) is 140 cm³/mol. The van der Waals surface area contributed by atoms with Crippen LogP contribution in [0.25, 0.3) is 27.6 Å². The molecule has 0 aliphatic rings. The first-order valence-electron chi connectivity index (χ1n) is 11.6. The number of aromatic nitrogens is 3. The van der Waals surface area contributed by atoms with Gasteiger partial charge in [-0.15, -0.1) is 24.3 Å². The molecule has 5 nitrogen and oxygen atoms in total. The molecule has 1 aromatic carbocycles. The van der Waals surface area contributed by atoms with Crippen molar-refractivity contribution in [2.75, 3.05) is 0 Å². The van der Waals surface area contributed by atoms with E-state index in [0.29, 0.717) is 0 Å². The Morgan fingerprint density at radius 1 is 0.943 bits per heavy atom. The molecule has 0 aliphatic carbocycles. The van der Waals surface area contributed by atoms with Gasteiger partial charge >= 0.3 is 0 Å². The van der Waals surface area contributed by atoms with Crippen LogP contribution in [0.1, 0.15) is 68.0 Å². The summed E-state index contributed by atoms with van der Waals surface area (Å²) in [6, 6.07) is 15.3. The van der Waals surface area contributed by atoms with Gasteiger partial charge in [0.05, 0.1) is 11.2 Å². The van der Waals surface area contributed by atoms with E-state index in [-0.39, 0.29) is 43.4 Å². The summed E-state index contributed by atoms with van der Waals surface area (Å²) in [5.41, 5.74) is 4.24. The smallest absolute Gasteiger partial charge is 0.164 e. The van der Waals surface area contributed by atoms with Gasteiger partial charge in [0.2, 0.25) is 0 Å². The van der Waals surface area contributed by atoms with Gasteiger partial charge in [0.15, 0.2) is 5.78 Å². The van der Waals surface area contributed by atoms with Crippen LogP contribution >= 0.6 is 0 Å². The van der Waals surface area contributed by atoms with Crippen molar-refractivity contribution in [2.24, 2.45) is 10.8 Å². The maximum atomic E-state index is 11.5. The topological polar surface area (TPSA) is 67.5 Å². The van der Waals surface area contributed by atoms with Gasteiger partial charge in [0, 0.05) is 55.1 Å². The van der Waals surface area contributed by atoms with Gasteiger partial charge in [-0.25, -0.2) is 0 Å². The normalized spacial score (nSPS) is 12.9. The number of hydrogen-bond acceptors (Lipinski definition) is 4. The molecule has 0 unspecified atom stereocenters. The molecule has 0 fully saturated rings. The molecule has 4 rings (SSSR count). The third-order valence-electron chi connectivity index (χ3n) is 5.54. The SMILES string of the molecule is CC(C)(C)C(=O)C=C(O)C(C)(C)C.CC(C)(C)c1nc2ccc[c-]c2c2nc3ccccn3c12.[Pt]. The Kier molecular flexibility index (Phi) is 8.39. The minimum absolute atomic E-state index is 0. The standard InChI is InChI=1S/C18H16N3.C11H20O2.Pt/c1-18(2,3)17-16-15(12-8-4-5-9-13(12)19-17)20-14-10-6-7-11-21(14)16;1-10(2,3)8(12)7-9(13)11(4,5)6;/h4-7,9-11H,1-3H3;7,12H,1-6H3;/q-1;;. The fraction of sp³-hybridized carbons (Fsp3) is 0.414. The van der Waals surface area contributed by atoms with E-state index in [4.69, 9.17) is 9.97 Å². The largest absolute Gasteiger partial charge is 0.512 e. The first-order valence-corrected chi connectivity index (χ1v) is 11.6. The van der Waals surface area contributed by atoms with E-state index in [9.17, 15) is 9.90 Å². The van der Waals surface area contributed by atoms with Crippen LogP contribution in [0.3, 0.4) is 0 Å². The van der Waals surface area contributed by atoms with Crippen LogP contribution in [0.15, 0.2) is 54.4 Å². The summed E-state index contributed by atoms with van der Waals surface area (Å²) in [5, 5.41) is 10.5. The minimum atomic E-state index is -0.417. The third kappa shape index (κ3) is 6.38. The zero-order valence-electron chi connectivity index (χ0n) is 22.1. The van der Waals surface area contributed by atoms with Crippen LogP contribution in [-0.4, -0.2) is 25.3 Å². The molecule has 0 radical (unpaired) electrons. The van der Waals surface area contributed by atoms with Crippen LogP contribution in [0.4, 0.5) is 0 Å². The molecule has 4 aromatic rings. The third-order valence-corrected chi connectivity index (χ3v) is 5.54. The molecule has 0 aliphatic heterocycles. The first-order chi connectivity index (χ1) is 15.6. The van der Waals surface area contributed by atoms with Gasteiger partial charge in [-0.3, -0.25) is 9.78 Å². The molecule has 0 spiro atoms. The van der Waals surface area contributed by atoms with Crippen molar-refractivity contribution < 1.29 is 31.0 Å². The number of pyridine rings is 2. The molecule has 0 saturated heterocycles. The van der Waals surface area contributed by atoms with E-state index < -0.39 is 5.41 Å². The molecular formula is C29H36N3O2Pt-. The van der Waals surface area contributed by atoms with Gasteiger partial charge < -0.3 is 14.5 Å². The molecule has 0 saturated carbocycles. The molecule has 0 atom stereocenters. The summed E-state index contributed by atoms with van der Waals surface area (Å²) >= 11 is 0. The summed E-state index contributed by atoms with van der Waals surface area (Å²) in [4.78, 5) is 21.2. The van der Waals surface area contributed by atoms with Crippen LogP contribution in [-0.2, 0) is 31.3 Å². The molecule has 3 heterocycles. The second kappa shape index (κ2) is 10.2. The average molecular weight is 654 g/mol. The van der Waals surface area contributed by atoms with Crippen molar-refractivity contribution in [1.82, 2.24) is 14.4 Å². The van der Waals surface area contributed by atoms with E-state index in [1.54, 1.807) is 0 Å². The molecule has 3 aromatic heterocycles. The molecule has 190 valence electrons. The quantitative estimate of drug-likeness (QED) is 0.134. The van der Waals surface area contributed by atoms with Gasteiger partial charge in [0.25, 0.3) is 0 Å². The Labute approximate surface area is 222 Å². The van der Waals surface area contributed by atoms with Crippen molar-refractivity contribution in [2.45, 2.75) is 67.7 Å². The number of carbonyl (C=O) groups is 1. The van der Waals surface area contributed by atoms with Gasteiger partial charge in [0.1, 0.15) is 11.4 Å². The van der Waals surface area contributed by atoms with Crippen molar-refractivity contribution in [3.8, 4) is 0 Å². The van der Waals surface area contributed by atoms with Crippen LogP contribution in [0, 0.1) is 16.9 Å². The number of fused-ring (bicyclic) bond motifs is 5. The molecular weight excluding hydrogens is 617 g/mol. The van der Waals surface area contributed by atoms with E-state index in [0.717, 1.165) is 33.3 Å². The van der Waals surface area contributed by atoms with Crippen LogP contribution < -0.4 is 0 Å². The second-order valence-electron chi connectivity index (χ2n) is 11.8. The Bertz CT molecular complexity index is 1380. The number of aliphatic hydroxyl groups excluding tert-OH is 1. The van der Waals surface area contributed by atoms with Crippen LogP contribution in [0.5, 0.6) is 0 Å². The maximum absolute atomic E-state index is 11.5. The van der Waals surface area contributed by atoms with E-state index in [1.807, 2.05) is 77.9 Å². The summed E-state index contributed by atoms with van der Waals surface area (Å²) in [6.07, 6.45) is 3.39. The van der Waals surface area contributed by atoms with Crippen molar-refractivity contribution in [3.05, 3.63) is 66.2 Å². The first kappa shape index (κ1) is 28.7. The molecule has 35 heavy (non-hydrogen) atoms. The van der Waals surface area contributed by atoms with Gasteiger partial charge in [-0.1, -0.05) is 73.8 Å². The average Bonchev–Trinajstić information content (AvgIpc) is 3.11. The predicted octanol–water partition coefficient (Wildman–Crippen LogP) is 7.22. The Morgan fingerprint density at radius 2 is 1.60 bits per heavy atom. The summed E-state index contributed by atoms with van der Waals surface area (Å²) in [6.45, 7) is 17.7. The van der Waals surface area contributed by atoms with E-state index in [1.165, 1.54) is 6.08 Å². The fourth-order valence-electron chi connectivity index (χ4n) is 3.36. The molecule has 0 amide bonds. The maximum Gasteiger partial charge on any atom is 0.164 e. The van der Waals surface area contributed by atoms with Crippen molar-refractivity contribution in [1.29, 1.82) is 0 Å². The Hall–Kier alpha value is -2.52. The number of ketones is 1. The van der Waals surface area contributed by atoms with E-state index in [2.05, 4.69) is 37.4 Å². The zero-order chi connectivity index (χ0) is 25.5.